The summed E-state index contributed by atoms with van der Waals surface area (Å²) in [6.45, 7) is -0.270. The normalized spacial score (nSPS) is 15.9. The first kappa shape index (κ1) is 19.5. The SMILES string of the molecule is COc1ccc(Nc2ccc3c4c(n(C)c3n2)CCC(OCCF)C4)cc1OC. The number of aromatic nitrogens is 2. The molecule has 29 heavy (non-hydrogen) atoms. The summed E-state index contributed by atoms with van der Waals surface area (Å²) in [4.78, 5) is 4.84. The molecule has 7 heteroatoms. The molecule has 0 saturated heterocycles. The molecule has 0 radical (unpaired) electrons. The van der Waals surface area contributed by atoms with Gasteiger partial charge in [-0.15, -0.1) is 0 Å². The number of fused-ring (bicyclic) bond motifs is 3. The lowest BCUT2D eigenvalue weighted by Crippen LogP contribution is -2.23. The number of methoxy groups -OCH3 is 2. The van der Waals surface area contributed by atoms with E-state index in [1.807, 2.05) is 24.3 Å². The van der Waals surface area contributed by atoms with E-state index < -0.39 is 6.67 Å². The topological polar surface area (TPSA) is 57.5 Å². The molecule has 0 amide bonds. The Hall–Kier alpha value is -2.80. The van der Waals surface area contributed by atoms with Crippen molar-refractivity contribution in [3.8, 4) is 11.5 Å². The van der Waals surface area contributed by atoms with E-state index in [1.54, 1.807) is 14.2 Å². The first-order valence-electron chi connectivity index (χ1n) is 9.78. The van der Waals surface area contributed by atoms with Gasteiger partial charge in [-0.05, 0) is 42.7 Å². The number of anilines is 2. The number of halogens is 1. The van der Waals surface area contributed by atoms with E-state index in [0.717, 1.165) is 41.8 Å². The van der Waals surface area contributed by atoms with Crippen molar-refractivity contribution in [3.63, 3.8) is 0 Å². The molecule has 1 atom stereocenters. The molecule has 1 N–H and O–H groups in total. The minimum Gasteiger partial charge on any atom is -0.493 e. The van der Waals surface area contributed by atoms with Crippen LogP contribution in [0.5, 0.6) is 11.5 Å². The quantitative estimate of drug-likeness (QED) is 0.646. The van der Waals surface area contributed by atoms with Crippen molar-refractivity contribution in [2.24, 2.45) is 7.05 Å². The van der Waals surface area contributed by atoms with Gasteiger partial charge in [-0.1, -0.05) is 0 Å². The fourth-order valence-corrected chi connectivity index (χ4v) is 4.08. The Morgan fingerprint density at radius 1 is 1.17 bits per heavy atom. The summed E-state index contributed by atoms with van der Waals surface area (Å²) in [5.41, 5.74) is 4.36. The summed E-state index contributed by atoms with van der Waals surface area (Å²) in [6.07, 6.45) is 2.70. The van der Waals surface area contributed by atoms with Crippen molar-refractivity contribution in [3.05, 3.63) is 41.6 Å². The first-order chi connectivity index (χ1) is 14.1. The van der Waals surface area contributed by atoms with E-state index in [0.29, 0.717) is 11.5 Å². The smallest absolute Gasteiger partial charge is 0.162 e. The predicted molar refractivity (Wildman–Crippen MR) is 111 cm³/mol. The Labute approximate surface area is 169 Å². The maximum absolute atomic E-state index is 12.5. The number of aryl methyl sites for hydroxylation is 1. The van der Waals surface area contributed by atoms with Gasteiger partial charge in [-0.25, -0.2) is 9.37 Å². The molecule has 1 unspecified atom stereocenters. The lowest BCUT2D eigenvalue weighted by molar-refractivity contribution is 0.0358. The second-order valence-corrected chi connectivity index (χ2v) is 7.17. The molecule has 1 aromatic carbocycles. The maximum Gasteiger partial charge on any atom is 0.162 e. The molecule has 1 aliphatic carbocycles. The van der Waals surface area contributed by atoms with Crippen LogP contribution >= 0.6 is 0 Å². The van der Waals surface area contributed by atoms with Crippen LogP contribution in [0.4, 0.5) is 15.9 Å². The zero-order valence-electron chi connectivity index (χ0n) is 17.0. The number of hydrogen-bond donors (Lipinski definition) is 1. The van der Waals surface area contributed by atoms with Gasteiger partial charge in [0.25, 0.3) is 0 Å². The molecule has 0 aliphatic heterocycles. The van der Waals surface area contributed by atoms with Crippen LogP contribution in [-0.4, -0.2) is 43.2 Å². The van der Waals surface area contributed by atoms with Crippen LogP contribution in [-0.2, 0) is 24.6 Å². The Morgan fingerprint density at radius 3 is 2.76 bits per heavy atom. The summed E-state index contributed by atoms with van der Waals surface area (Å²) >= 11 is 0. The third kappa shape index (κ3) is 3.74. The highest BCUT2D eigenvalue weighted by molar-refractivity contribution is 5.84. The summed E-state index contributed by atoms with van der Waals surface area (Å²) in [5, 5.41) is 4.47. The van der Waals surface area contributed by atoms with Gasteiger partial charge in [-0.3, -0.25) is 0 Å². The molecule has 154 valence electrons. The highest BCUT2D eigenvalue weighted by Crippen LogP contribution is 2.34. The summed E-state index contributed by atoms with van der Waals surface area (Å²) in [7, 11) is 5.28. The molecule has 0 saturated carbocycles. The van der Waals surface area contributed by atoms with Gasteiger partial charge in [0.1, 0.15) is 18.1 Å². The van der Waals surface area contributed by atoms with Crippen molar-refractivity contribution in [1.82, 2.24) is 9.55 Å². The van der Waals surface area contributed by atoms with Crippen molar-refractivity contribution in [2.45, 2.75) is 25.4 Å². The van der Waals surface area contributed by atoms with Gasteiger partial charge in [0, 0.05) is 36.3 Å². The van der Waals surface area contributed by atoms with Gasteiger partial charge in [-0.2, -0.15) is 0 Å². The van der Waals surface area contributed by atoms with E-state index in [-0.39, 0.29) is 12.7 Å². The zero-order chi connectivity index (χ0) is 20.4. The van der Waals surface area contributed by atoms with Crippen LogP contribution < -0.4 is 14.8 Å². The van der Waals surface area contributed by atoms with Crippen LogP contribution in [0.25, 0.3) is 11.0 Å². The van der Waals surface area contributed by atoms with Crippen LogP contribution in [0.15, 0.2) is 30.3 Å². The zero-order valence-corrected chi connectivity index (χ0v) is 17.0. The Bertz CT molecular complexity index is 1020. The lowest BCUT2D eigenvalue weighted by Gasteiger charge is -2.23. The average Bonchev–Trinajstić information content (AvgIpc) is 3.03. The molecular weight excluding hydrogens is 373 g/mol. The molecule has 0 fully saturated rings. The number of hydrogen-bond acceptors (Lipinski definition) is 5. The fraction of sp³-hybridized carbons (Fsp3) is 0.409. The standard InChI is InChI=1S/C22H26FN3O3/c1-26-18-7-5-15(29-11-10-23)13-17(18)16-6-9-21(25-22(16)26)24-14-4-8-19(27-2)20(12-14)28-3/h4,6,8-9,12,15H,5,7,10-11,13H2,1-3H3,(H,24,25). The Morgan fingerprint density at radius 2 is 2.00 bits per heavy atom. The van der Waals surface area contributed by atoms with Gasteiger partial charge < -0.3 is 24.1 Å². The highest BCUT2D eigenvalue weighted by atomic mass is 19.1. The minimum atomic E-state index is -0.439. The molecule has 0 spiro atoms. The highest BCUT2D eigenvalue weighted by Gasteiger charge is 2.25. The van der Waals surface area contributed by atoms with E-state index in [9.17, 15) is 4.39 Å². The molecule has 2 aromatic heterocycles. The average molecular weight is 399 g/mol. The van der Waals surface area contributed by atoms with Gasteiger partial charge in [0.2, 0.25) is 0 Å². The second-order valence-electron chi connectivity index (χ2n) is 7.17. The molecule has 1 aliphatic rings. The van der Waals surface area contributed by atoms with Gasteiger partial charge in [0.05, 0.1) is 26.9 Å². The predicted octanol–water partition coefficient (Wildman–Crippen LogP) is 4.18. The van der Waals surface area contributed by atoms with E-state index >= 15 is 0 Å². The Balaban J connectivity index is 1.62. The van der Waals surface area contributed by atoms with Crippen molar-refractivity contribution in [2.75, 3.05) is 32.8 Å². The van der Waals surface area contributed by atoms with E-state index in [2.05, 4.69) is 23.0 Å². The van der Waals surface area contributed by atoms with Crippen LogP contribution in [0, 0.1) is 0 Å². The van der Waals surface area contributed by atoms with E-state index in [4.69, 9.17) is 19.2 Å². The number of nitrogens with one attached hydrogen (secondary N) is 1. The number of alkyl halides is 1. The largest absolute Gasteiger partial charge is 0.493 e. The van der Waals surface area contributed by atoms with Crippen LogP contribution in [0.1, 0.15) is 17.7 Å². The van der Waals surface area contributed by atoms with Crippen LogP contribution in [0.2, 0.25) is 0 Å². The second kappa shape index (κ2) is 8.29. The Kier molecular flexibility index (Phi) is 5.58. The molecule has 3 aromatic rings. The number of benzene rings is 1. The minimum absolute atomic E-state index is 0.0772. The van der Waals surface area contributed by atoms with E-state index in [1.165, 1.54) is 11.3 Å². The first-order valence-corrected chi connectivity index (χ1v) is 9.78. The number of nitrogens with zero attached hydrogens (tertiary/aromatic N) is 2. The molecular formula is C22H26FN3O3. The van der Waals surface area contributed by atoms with Crippen molar-refractivity contribution in [1.29, 1.82) is 0 Å². The molecule has 6 nitrogen and oxygen atoms in total. The maximum atomic E-state index is 12.5. The number of rotatable bonds is 7. The third-order valence-electron chi connectivity index (χ3n) is 5.49. The summed E-state index contributed by atoms with van der Waals surface area (Å²) in [5.74, 6) is 2.10. The van der Waals surface area contributed by atoms with Crippen LogP contribution in [0.3, 0.4) is 0 Å². The third-order valence-corrected chi connectivity index (χ3v) is 5.49. The molecule has 0 bridgehead atoms. The summed E-state index contributed by atoms with van der Waals surface area (Å²) in [6, 6.07) is 9.75. The summed E-state index contributed by atoms with van der Waals surface area (Å²) < 4.78 is 30.9. The van der Waals surface area contributed by atoms with Crippen molar-refractivity contribution >= 4 is 22.5 Å². The lowest BCUT2D eigenvalue weighted by atomic mass is 9.93. The number of ether oxygens (including phenoxy) is 3. The number of pyridine rings is 1. The molecule has 2 heterocycles. The molecule has 4 rings (SSSR count). The van der Waals surface area contributed by atoms with Gasteiger partial charge >= 0.3 is 0 Å². The monoisotopic (exact) mass is 399 g/mol. The van der Waals surface area contributed by atoms with Gasteiger partial charge in [0.15, 0.2) is 11.5 Å². The van der Waals surface area contributed by atoms with Crippen molar-refractivity contribution < 1.29 is 18.6 Å². The fourth-order valence-electron chi connectivity index (χ4n) is 4.08.